The molecule has 0 N–H and O–H groups in total. The van der Waals surface area contributed by atoms with Gasteiger partial charge in [0, 0.05) is 35.8 Å². The van der Waals surface area contributed by atoms with Crippen molar-refractivity contribution in [1.29, 1.82) is 0 Å². The van der Waals surface area contributed by atoms with Gasteiger partial charge >= 0.3 is 11.9 Å². The van der Waals surface area contributed by atoms with E-state index in [9.17, 15) is 9.59 Å². The first kappa shape index (κ1) is 31.7. The summed E-state index contributed by atoms with van der Waals surface area (Å²) < 4.78 is 11.0. The minimum absolute atomic E-state index is 0.0346. The molecule has 2 bridgehead atoms. The molecule has 4 atom stereocenters. The molecule has 0 spiro atoms. The van der Waals surface area contributed by atoms with Gasteiger partial charge in [0.2, 0.25) is 0 Å². The molecule has 0 radical (unpaired) electrons. The SMILES string of the molecule is COC(=O)C12CN(Cc3ccc4ccccc4n3)CC(C(=O)OC)(C1=O)C(c1ccc3ccccc3n1)N(C)C2c1ccc2ccccc2n1. The van der Waals surface area contributed by atoms with Gasteiger partial charge in [-0.25, -0.2) is 0 Å². The molecule has 5 heterocycles. The number of carbonyl (C=O) groups is 3. The summed E-state index contributed by atoms with van der Waals surface area (Å²) in [6, 6.07) is 32.8. The molecular formula is C40H35N5O5. The number of rotatable bonds is 6. The maximum absolute atomic E-state index is 15.5. The Morgan fingerprint density at radius 1 is 0.640 bits per heavy atom. The van der Waals surface area contributed by atoms with Crippen LogP contribution in [0, 0.1) is 10.8 Å². The third kappa shape index (κ3) is 4.70. The van der Waals surface area contributed by atoms with E-state index in [1.54, 1.807) is 0 Å². The molecule has 50 heavy (non-hydrogen) atoms. The number of ether oxygens (including phenoxy) is 2. The first-order valence-electron chi connectivity index (χ1n) is 16.5. The summed E-state index contributed by atoms with van der Waals surface area (Å²) in [6.45, 7) is 0.190. The molecule has 10 heteroatoms. The van der Waals surface area contributed by atoms with Gasteiger partial charge in [0.15, 0.2) is 16.6 Å². The molecule has 0 aliphatic carbocycles. The highest BCUT2D eigenvalue weighted by Crippen LogP contribution is 2.60. The number of esters is 2. The number of benzene rings is 3. The lowest BCUT2D eigenvalue weighted by atomic mass is 9.54. The number of hydrogen-bond acceptors (Lipinski definition) is 10. The average Bonchev–Trinajstić information content (AvgIpc) is 3.15. The van der Waals surface area contributed by atoms with Gasteiger partial charge < -0.3 is 9.47 Å². The Labute approximate surface area is 288 Å². The Bertz CT molecular complexity index is 2210. The lowest BCUT2D eigenvalue weighted by Gasteiger charge is -2.60. The summed E-state index contributed by atoms with van der Waals surface area (Å²) in [5.41, 5.74) is 0.239. The Morgan fingerprint density at radius 2 is 1.06 bits per heavy atom. The zero-order valence-corrected chi connectivity index (χ0v) is 27.9. The fourth-order valence-electron chi connectivity index (χ4n) is 8.40. The summed E-state index contributed by atoms with van der Waals surface area (Å²) in [5, 5.41) is 2.82. The number of carbonyl (C=O) groups excluding carboxylic acids is 3. The van der Waals surface area contributed by atoms with Crippen molar-refractivity contribution in [2.75, 3.05) is 34.4 Å². The average molecular weight is 666 g/mol. The van der Waals surface area contributed by atoms with Crippen LogP contribution in [0.4, 0.5) is 0 Å². The van der Waals surface area contributed by atoms with Gasteiger partial charge in [0.1, 0.15) is 0 Å². The molecule has 0 amide bonds. The largest absolute Gasteiger partial charge is 0.468 e. The van der Waals surface area contributed by atoms with Crippen LogP contribution in [0.5, 0.6) is 0 Å². The topological polar surface area (TPSA) is 115 Å². The number of hydrogen-bond donors (Lipinski definition) is 0. The van der Waals surface area contributed by atoms with Crippen LogP contribution in [0.25, 0.3) is 32.7 Å². The highest BCUT2D eigenvalue weighted by Gasteiger charge is 2.75. The smallest absolute Gasteiger partial charge is 0.322 e. The minimum Gasteiger partial charge on any atom is -0.468 e. The monoisotopic (exact) mass is 665 g/mol. The summed E-state index contributed by atoms with van der Waals surface area (Å²) >= 11 is 0. The van der Waals surface area contributed by atoms with E-state index < -0.39 is 40.6 Å². The second-order valence-electron chi connectivity index (χ2n) is 13.2. The third-order valence-electron chi connectivity index (χ3n) is 10.4. The van der Waals surface area contributed by atoms with Crippen molar-refractivity contribution in [3.8, 4) is 0 Å². The van der Waals surface area contributed by atoms with E-state index in [0.29, 0.717) is 22.4 Å². The second kappa shape index (κ2) is 12.1. The van der Waals surface area contributed by atoms with Crippen molar-refractivity contribution in [3.05, 3.63) is 126 Å². The Morgan fingerprint density at radius 3 is 1.52 bits per heavy atom. The van der Waals surface area contributed by atoms with Crippen molar-refractivity contribution in [3.63, 3.8) is 0 Å². The minimum atomic E-state index is -1.87. The van der Waals surface area contributed by atoms with Gasteiger partial charge in [0.25, 0.3) is 0 Å². The number of Topliss-reactive ketones (excluding diaryl/α,β-unsaturated/α-hetero) is 1. The first-order valence-corrected chi connectivity index (χ1v) is 16.5. The number of likely N-dealkylation sites (tertiary alicyclic amines) is 2. The molecule has 2 aliphatic rings. The molecule has 3 aromatic carbocycles. The van der Waals surface area contributed by atoms with E-state index >= 15 is 4.79 Å². The fourth-order valence-corrected chi connectivity index (χ4v) is 8.40. The Balaban J connectivity index is 1.38. The molecule has 2 saturated heterocycles. The molecule has 250 valence electrons. The number of nitrogens with zero attached hydrogens (tertiary/aromatic N) is 5. The first-order chi connectivity index (χ1) is 24.3. The third-order valence-corrected chi connectivity index (χ3v) is 10.4. The second-order valence-corrected chi connectivity index (χ2v) is 13.2. The lowest BCUT2D eigenvalue weighted by Crippen LogP contribution is -2.75. The molecule has 4 unspecified atom stereocenters. The van der Waals surface area contributed by atoms with Gasteiger partial charge in [-0.05, 0) is 43.4 Å². The number of piperidine rings is 2. The number of ketones is 1. The van der Waals surface area contributed by atoms with Gasteiger partial charge in [0.05, 0.1) is 59.9 Å². The van der Waals surface area contributed by atoms with E-state index in [1.807, 2.05) is 126 Å². The van der Waals surface area contributed by atoms with Crippen LogP contribution >= 0.6 is 0 Å². The molecule has 0 saturated carbocycles. The van der Waals surface area contributed by atoms with Crippen LogP contribution in [0.2, 0.25) is 0 Å². The van der Waals surface area contributed by atoms with E-state index in [2.05, 4.69) is 0 Å². The number of aromatic nitrogens is 3. The summed E-state index contributed by atoms with van der Waals surface area (Å²) in [4.78, 5) is 63.3. The molecule has 2 aliphatic heterocycles. The van der Waals surface area contributed by atoms with Crippen LogP contribution in [0.1, 0.15) is 29.2 Å². The predicted molar refractivity (Wildman–Crippen MR) is 188 cm³/mol. The number of para-hydroxylation sites is 3. The summed E-state index contributed by atoms with van der Waals surface area (Å²) in [7, 11) is 4.37. The normalized spacial score (nSPS) is 24.0. The number of fused-ring (bicyclic) bond motifs is 5. The van der Waals surface area contributed by atoms with Gasteiger partial charge in [-0.3, -0.25) is 39.1 Å². The Hall–Kier alpha value is -5.58. The predicted octanol–water partition coefficient (Wildman–Crippen LogP) is 5.46. The van der Waals surface area contributed by atoms with Crippen LogP contribution < -0.4 is 0 Å². The van der Waals surface area contributed by atoms with Crippen molar-refractivity contribution >= 4 is 50.4 Å². The van der Waals surface area contributed by atoms with Gasteiger partial charge in [-0.1, -0.05) is 72.8 Å². The Kier molecular flexibility index (Phi) is 7.65. The van der Waals surface area contributed by atoms with E-state index in [1.165, 1.54) is 14.2 Å². The zero-order chi connectivity index (χ0) is 34.6. The molecule has 6 aromatic rings. The molecular weight excluding hydrogens is 630 g/mol. The standard InChI is InChI=1S/C40H35N5O5/c1-44-34(32-20-17-26-11-5-8-14-30(26)42-32)39(37(47)49-2)23-45(22-28-19-16-25-10-4-7-13-29(25)41-28)24-40(36(39)46,38(48)50-3)35(44)33-21-18-27-12-6-9-15-31(27)43-33/h4-21,34-35H,22-24H2,1-3H3. The number of methoxy groups -OCH3 is 2. The molecule has 10 nitrogen and oxygen atoms in total. The summed E-state index contributed by atoms with van der Waals surface area (Å²) in [5.74, 6) is -2.06. The zero-order valence-electron chi connectivity index (χ0n) is 27.9. The molecule has 3 aromatic heterocycles. The lowest BCUT2D eigenvalue weighted by molar-refractivity contribution is -0.204. The maximum atomic E-state index is 15.5. The van der Waals surface area contributed by atoms with E-state index in [4.69, 9.17) is 24.4 Å². The van der Waals surface area contributed by atoms with Crippen LogP contribution in [0.15, 0.2) is 109 Å². The van der Waals surface area contributed by atoms with Crippen LogP contribution in [-0.2, 0) is 30.4 Å². The molecule has 2 fully saturated rings. The fraction of sp³-hybridized carbons (Fsp3) is 0.250. The van der Waals surface area contributed by atoms with E-state index in [0.717, 1.165) is 27.4 Å². The van der Waals surface area contributed by atoms with Gasteiger partial charge in [-0.2, -0.15) is 0 Å². The van der Waals surface area contributed by atoms with Gasteiger partial charge in [-0.15, -0.1) is 0 Å². The summed E-state index contributed by atoms with van der Waals surface area (Å²) in [6.07, 6.45) is 0. The van der Waals surface area contributed by atoms with Crippen molar-refractivity contribution in [1.82, 2.24) is 24.8 Å². The number of pyridine rings is 3. The highest BCUT2D eigenvalue weighted by atomic mass is 16.5. The van der Waals surface area contributed by atoms with Crippen molar-refractivity contribution < 1.29 is 23.9 Å². The maximum Gasteiger partial charge on any atom is 0.322 e. The van der Waals surface area contributed by atoms with Crippen molar-refractivity contribution in [2.24, 2.45) is 10.8 Å². The quantitative estimate of drug-likeness (QED) is 0.168. The van der Waals surface area contributed by atoms with Crippen LogP contribution in [0.3, 0.4) is 0 Å². The van der Waals surface area contributed by atoms with Crippen molar-refractivity contribution in [2.45, 2.75) is 18.6 Å². The highest BCUT2D eigenvalue weighted by molar-refractivity contribution is 6.17. The van der Waals surface area contributed by atoms with Crippen LogP contribution in [-0.4, -0.2) is 76.8 Å². The van der Waals surface area contributed by atoms with E-state index in [-0.39, 0.29) is 19.6 Å². The molecule has 8 rings (SSSR count).